The summed E-state index contributed by atoms with van der Waals surface area (Å²) in [6.07, 6.45) is 2.74. The largest absolute Gasteiger partial charge is 0.508 e. The molecule has 1 aliphatic heterocycles. The van der Waals surface area contributed by atoms with E-state index in [1.54, 1.807) is 23.9 Å². The van der Waals surface area contributed by atoms with E-state index in [-0.39, 0.29) is 17.0 Å². The average Bonchev–Trinajstić information content (AvgIpc) is 2.25. The van der Waals surface area contributed by atoms with E-state index in [2.05, 4.69) is 19.2 Å². The summed E-state index contributed by atoms with van der Waals surface area (Å²) < 4.78 is 0. The van der Waals surface area contributed by atoms with E-state index in [1.807, 2.05) is 13.2 Å². The molecule has 19 heavy (non-hydrogen) atoms. The second kappa shape index (κ2) is 4.63. The second-order valence-electron chi connectivity index (χ2n) is 5.78. The molecule has 3 N–H and O–H groups in total. The van der Waals surface area contributed by atoms with Crippen molar-refractivity contribution in [2.75, 3.05) is 6.26 Å². The molecule has 1 heterocycles. The van der Waals surface area contributed by atoms with Crippen LogP contribution >= 0.6 is 11.8 Å². The monoisotopic (exact) mass is 280 g/mol. The van der Waals surface area contributed by atoms with E-state index < -0.39 is 5.54 Å². The molecule has 4 nitrogen and oxygen atoms in total. The number of phenolic OH excluding ortho intramolecular Hbond substituents is 2. The molecule has 0 amide bonds. The SMILES string of the molecule is CSC1=N[C@](C)(c2ccc(O)cc2O)CC(C)(C)N1. The van der Waals surface area contributed by atoms with Crippen molar-refractivity contribution in [1.29, 1.82) is 0 Å². The summed E-state index contributed by atoms with van der Waals surface area (Å²) in [5, 5.41) is 23.7. The molecular weight excluding hydrogens is 260 g/mol. The van der Waals surface area contributed by atoms with Crippen molar-refractivity contribution in [1.82, 2.24) is 5.32 Å². The van der Waals surface area contributed by atoms with Gasteiger partial charge in [0.25, 0.3) is 0 Å². The zero-order valence-corrected chi connectivity index (χ0v) is 12.5. The van der Waals surface area contributed by atoms with Gasteiger partial charge in [-0.25, -0.2) is 0 Å². The summed E-state index contributed by atoms with van der Waals surface area (Å²) in [6, 6.07) is 4.70. The Morgan fingerprint density at radius 3 is 2.53 bits per heavy atom. The van der Waals surface area contributed by atoms with Crippen LogP contribution in [0.4, 0.5) is 0 Å². The lowest BCUT2D eigenvalue weighted by Gasteiger charge is -2.41. The molecule has 0 spiro atoms. The Balaban J connectivity index is 2.51. The Bertz CT molecular complexity index is 528. The summed E-state index contributed by atoms with van der Waals surface area (Å²) in [7, 11) is 0. The van der Waals surface area contributed by atoms with Gasteiger partial charge in [-0.15, -0.1) is 0 Å². The van der Waals surface area contributed by atoms with E-state index >= 15 is 0 Å². The molecule has 1 atom stereocenters. The number of nitrogens with one attached hydrogen (secondary N) is 1. The van der Waals surface area contributed by atoms with Gasteiger partial charge in [-0.05, 0) is 45.6 Å². The summed E-state index contributed by atoms with van der Waals surface area (Å²) in [6.45, 7) is 6.25. The molecule has 5 heteroatoms. The van der Waals surface area contributed by atoms with Crippen LogP contribution in [0.25, 0.3) is 0 Å². The molecule has 0 fully saturated rings. The van der Waals surface area contributed by atoms with Gasteiger partial charge in [0.15, 0.2) is 5.17 Å². The van der Waals surface area contributed by atoms with Crippen LogP contribution in [0.2, 0.25) is 0 Å². The van der Waals surface area contributed by atoms with Crippen LogP contribution in [0.3, 0.4) is 0 Å². The number of hydrogen-bond donors (Lipinski definition) is 3. The van der Waals surface area contributed by atoms with Crippen molar-refractivity contribution < 1.29 is 10.2 Å². The number of amidine groups is 1. The Labute approximate surface area is 118 Å². The Morgan fingerprint density at radius 2 is 1.95 bits per heavy atom. The minimum Gasteiger partial charge on any atom is -0.508 e. The average molecular weight is 280 g/mol. The first kappa shape index (κ1) is 14.1. The number of hydrogen-bond acceptors (Lipinski definition) is 5. The number of rotatable bonds is 1. The van der Waals surface area contributed by atoms with Crippen molar-refractivity contribution in [3.63, 3.8) is 0 Å². The van der Waals surface area contributed by atoms with Gasteiger partial charge in [-0.3, -0.25) is 4.99 Å². The minimum absolute atomic E-state index is 0.0621. The number of thioether (sulfide) groups is 1. The van der Waals surface area contributed by atoms with Gasteiger partial charge < -0.3 is 15.5 Å². The van der Waals surface area contributed by atoms with Gasteiger partial charge >= 0.3 is 0 Å². The second-order valence-corrected chi connectivity index (χ2v) is 6.58. The van der Waals surface area contributed by atoms with Crippen LogP contribution in [0.5, 0.6) is 11.5 Å². The molecular formula is C14H20N2O2S. The lowest BCUT2D eigenvalue weighted by Crippen LogP contribution is -2.51. The standard InChI is InChI=1S/C14H20N2O2S/c1-13(2)8-14(3,16-12(15-13)19-4)10-6-5-9(17)7-11(10)18/h5-7,17-18H,8H2,1-4H3,(H,15,16)/t14-/m0/s1. The molecule has 1 aromatic rings. The highest BCUT2D eigenvalue weighted by Gasteiger charge is 2.40. The van der Waals surface area contributed by atoms with E-state index in [9.17, 15) is 10.2 Å². The molecule has 1 aliphatic rings. The number of nitrogens with zero attached hydrogens (tertiary/aromatic N) is 1. The summed E-state index contributed by atoms with van der Waals surface area (Å²) in [5.74, 6) is 0.150. The van der Waals surface area contributed by atoms with Gasteiger partial charge in [-0.1, -0.05) is 11.8 Å². The van der Waals surface area contributed by atoms with Gasteiger partial charge in [-0.2, -0.15) is 0 Å². The first-order valence-corrected chi connectivity index (χ1v) is 7.43. The predicted molar refractivity (Wildman–Crippen MR) is 79.9 cm³/mol. The molecule has 2 rings (SSSR count). The molecule has 0 aliphatic carbocycles. The molecule has 0 unspecified atom stereocenters. The van der Waals surface area contributed by atoms with Gasteiger partial charge in [0, 0.05) is 17.2 Å². The van der Waals surface area contributed by atoms with Crippen molar-refractivity contribution in [2.45, 2.75) is 38.3 Å². The maximum Gasteiger partial charge on any atom is 0.157 e. The maximum absolute atomic E-state index is 10.1. The quantitative estimate of drug-likeness (QED) is 0.740. The number of aliphatic imine (C=N–C) groups is 1. The van der Waals surface area contributed by atoms with Crippen molar-refractivity contribution in [3.8, 4) is 11.5 Å². The highest BCUT2D eigenvalue weighted by atomic mass is 32.2. The highest BCUT2D eigenvalue weighted by Crippen LogP contribution is 2.42. The fraction of sp³-hybridized carbons (Fsp3) is 0.500. The molecule has 0 bridgehead atoms. The van der Waals surface area contributed by atoms with Gasteiger partial charge in [0.1, 0.15) is 11.5 Å². The first-order valence-electron chi connectivity index (χ1n) is 6.20. The van der Waals surface area contributed by atoms with Crippen LogP contribution in [-0.2, 0) is 5.54 Å². The predicted octanol–water partition coefficient (Wildman–Crippen LogP) is 2.80. The minimum atomic E-state index is -0.495. The third-order valence-corrected chi connectivity index (χ3v) is 3.91. The highest BCUT2D eigenvalue weighted by molar-refractivity contribution is 8.13. The van der Waals surface area contributed by atoms with Crippen LogP contribution < -0.4 is 5.32 Å². The third-order valence-electron chi connectivity index (χ3n) is 3.33. The van der Waals surface area contributed by atoms with E-state index in [0.717, 1.165) is 17.2 Å². The zero-order valence-electron chi connectivity index (χ0n) is 11.7. The topological polar surface area (TPSA) is 64.9 Å². The molecule has 0 aromatic heterocycles. The molecule has 0 saturated carbocycles. The Morgan fingerprint density at radius 1 is 1.26 bits per heavy atom. The lowest BCUT2D eigenvalue weighted by atomic mass is 9.79. The van der Waals surface area contributed by atoms with Crippen molar-refractivity contribution in [2.24, 2.45) is 4.99 Å². The molecule has 0 saturated heterocycles. The van der Waals surface area contributed by atoms with E-state index in [1.165, 1.54) is 6.07 Å². The summed E-state index contributed by atoms with van der Waals surface area (Å²) in [5.41, 5.74) is 0.149. The van der Waals surface area contributed by atoms with Crippen molar-refractivity contribution >= 4 is 16.9 Å². The van der Waals surface area contributed by atoms with Crippen LogP contribution in [0, 0.1) is 0 Å². The number of phenols is 2. The lowest BCUT2D eigenvalue weighted by molar-refractivity contribution is 0.286. The molecule has 1 aromatic carbocycles. The van der Waals surface area contributed by atoms with Gasteiger partial charge in [0.05, 0.1) is 5.54 Å². The van der Waals surface area contributed by atoms with Crippen LogP contribution in [0.1, 0.15) is 32.8 Å². The molecule has 0 radical (unpaired) electrons. The molecule has 104 valence electrons. The summed E-state index contributed by atoms with van der Waals surface area (Å²) in [4.78, 5) is 4.72. The Hall–Kier alpha value is -1.36. The zero-order chi connectivity index (χ0) is 14.3. The fourth-order valence-corrected chi connectivity index (χ4v) is 3.38. The summed E-state index contributed by atoms with van der Waals surface area (Å²) >= 11 is 1.56. The first-order chi connectivity index (χ1) is 8.76. The van der Waals surface area contributed by atoms with Gasteiger partial charge in [0.2, 0.25) is 0 Å². The van der Waals surface area contributed by atoms with Crippen LogP contribution in [-0.4, -0.2) is 27.2 Å². The van der Waals surface area contributed by atoms with E-state index in [4.69, 9.17) is 4.99 Å². The van der Waals surface area contributed by atoms with Crippen LogP contribution in [0.15, 0.2) is 23.2 Å². The number of benzene rings is 1. The fourth-order valence-electron chi connectivity index (χ4n) is 2.71. The van der Waals surface area contributed by atoms with E-state index in [0.29, 0.717) is 0 Å². The van der Waals surface area contributed by atoms with Crippen molar-refractivity contribution in [3.05, 3.63) is 23.8 Å². The maximum atomic E-state index is 10.1. The number of aromatic hydroxyl groups is 2. The normalized spacial score (nSPS) is 25.6. The Kier molecular flexibility index (Phi) is 3.43. The smallest absolute Gasteiger partial charge is 0.157 e. The third kappa shape index (κ3) is 2.81.